The minimum atomic E-state index is -4.87. The molecule has 0 spiro atoms. The third-order valence-electron chi connectivity index (χ3n) is 2.13. The number of carbonyl (C=O) groups excluding carboxylic acids is 1. The molecule has 0 aromatic carbocycles. The fourth-order valence-corrected chi connectivity index (χ4v) is 2.52. The molecular weight excluding hydrogens is 458 g/mol. The topological polar surface area (TPSA) is 48.4 Å². The highest BCUT2D eigenvalue weighted by atomic mass is 127. The minimum absolute atomic E-state index is 0.0677. The number of halogens is 5. The molecule has 0 aliphatic rings. The van der Waals surface area contributed by atoms with Crippen LogP contribution in [0.1, 0.15) is 18.1 Å². The van der Waals surface area contributed by atoms with Crippen LogP contribution in [-0.2, 0) is 21.3 Å². The molecule has 20 heavy (non-hydrogen) atoms. The number of hydrogen-bond donors (Lipinski definition) is 0. The van der Waals surface area contributed by atoms with Gasteiger partial charge in [0.25, 0.3) is 0 Å². The van der Waals surface area contributed by atoms with E-state index in [9.17, 15) is 18.0 Å². The molecule has 0 aliphatic carbocycles. The van der Waals surface area contributed by atoms with E-state index >= 15 is 0 Å². The Morgan fingerprint density at radius 2 is 2.15 bits per heavy atom. The molecule has 0 unspecified atom stereocenters. The minimum Gasteiger partial charge on any atom is -0.466 e. The highest BCUT2D eigenvalue weighted by Gasteiger charge is 2.34. The van der Waals surface area contributed by atoms with Crippen molar-refractivity contribution in [2.75, 3.05) is 6.61 Å². The number of pyridine rings is 1. The molecule has 4 nitrogen and oxygen atoms in total. The van der Waals surface area contributed by atoms with E-state index in [-0.39, 0.29) is 23.9 Å². The second kappa shape index (κ2) is 7.43. The monoisotopic (exact) mass is 467 g/mol. The number of nitrogens with zero attached hydrogens (tertiary/aromatic N) is 1. The van der Waals surface area contributed by atoms with Crippen LogP contribution >= 0.6 is 38.5 Å². The summed E-state index contributed by atoms with van der Waals surface area (Å²) in [6.45, 7) is 1.76. The second-order valence-electron chi connectivity index (χ2n) is 3.55. The molecule has 0 aliphatic heterocycles. The van der Waals surface area contributed by atoms with Crippen LogP contribution in [0.3, 0.4) is 0 Å². The Morgan fingerprint density at radius 1 is 1.50 bits per heavy atom. The van der Waals surface area contributed by atoms with Gasteiger partial charge in [-0.25, -0.2) is 4.98 Å². The Balaban J connectivity index is 3.18. The predicted octanol–water partition coefficient (Wildman–Crippen LogP) is 3.59. The molecule has 1 heterocycles. The van der Waals surface area contributed by atoms with Gasteiger partial charge in [0.2, 0.25) is 5.88 Å². The van der Waals surface area contributed by atoms with Crippen molar-refractivity contribution in [3.8, 4) is 5.88 Å². The molecule has 0 amide bonds. The van der Waals surface area contributed by atoms with Gasteiger partial charge in [-0.2, -0.15) is 0 Å². The zero-order valence-corrected chi connectivity index (χ0v) is 14.0. The van der Waals surface area contributed by atoms with Crippen LogP contribution in [0.2, 0.25) is 0 Å². The number of aromatic nitrogens is 1. The van der Waals surface area contributed by atoms with Gasteiger partial charge < -0.3 is 9.47 Å². The van der Waals surface area contributed by atoms with Gasteiger partial charge in [0.1, 0.15) is 3.70 Å². The van der Waals surface area contributed by atoms with E-state index in [1.807, 2.05) is 0 Å². The Morgan fingerprint density at radius 3 is 2.65 bits per heavy atom. The lowest BCUT2D eigenvalue weighted by Crippen LogP contribution is -2.21. The molecular formula is C11H10BrF3INO3. The zero-order valence-electron chi connectivity index (χ0n) is 10.3. The van der Waals surface area contributed by atoms with Gasteiger partial charge in [0.05, 0.1) is 13.0 Å². The maximum atomic E-state index is 12.4. The van der Waals surface area contributed by atoms with Crippen molar-refractivity contribution in [3.05, 3.63) is 20.9 Å². The summed E-state index contributed by atoms with van der Waals surface area (Å²) in [6, 6.07) is 1.58. The van der Waals surface area contributed by atoms with Crippen molar-refractivity contribution in [2.45, 2.75) is 25.0 Å². The molecule has 1 rings (SSSR count). The fraction of sp³-hybridized carbons (Fsp3) is 0.455. The van der Waals surface area contributed by atoms with E-state index in [1.54, 1.807) is 35.6 Å². The summed E-state index contributed by atoms with van der Waals surface area (Å²) >= 11 is 4.94. The van der Waals surface area contributed by atoms with E-state index in [2.05, 4.69) is 25.7 Å². The van der Waals surface area contributed by atoms with Crippen LogP contribution in [0.5, 0.6) is 5.88 Å². The third-order valence-corrected chi connectivity index (χ3v) is 3.29. The molecule has 0 fully saturated rings. The molecule has 9 heteroatoms. The smallest absolute Gasteiger partial charge is 0.466 e. The maximum absolute atomic E-state index is 12.4. The van der Waals surface area contributed by atoms with Crippen molar-refractivity contribution < 1.29 is 27.4 Å². The van der Waals surface area contributed by atoms with Gasteiger partial charge in [-0.15, -0.1) is 13.2 Å². The predicted molar refractivity (Wildman–Crippen MR) is 76.6 cm³/mol. The quantitative estimate of drug-likeness (QED) is 0.287. The highest BCUT2D eigenvalue weighted by Crippen LogP contribution is 2.29. The van der Waals surface area contributed by atoms with E-state index in [4.69, 9.17) is 4.74 Å². The van der Waals surface area contributed by atoms with Crippen LogP contribution in [0.15, 0.2) is 6.07 Å². The third kappa shape index (κ3) is 5.43. The SMILES string of the molecule is CCOC(=O)Cc1c(CBr)cc(I)nc1OC(F)(F)F. The Bertz CT molecular complexity index is 497. The molecule has 1 aromatic heterocycles. The average Bonchev–Trinajstić information content (AvgIpc) is 2.30. The lowest BCUT2D eigenvalue weighted by Gasteiger charge is -2.15. The number of hydrogen-bond acceptors (Lipinski definition) is 4. The molecule has 0 saturated heterocycles. The summed E-state index contributed by atoms with van der Waals surface area (Å²) in [4.78, 5) is 15.2. The van der Waals surface area contributed by atoms with Gasteiger partial charge in [-0.3, -0.25) is 4.79 Å². The molecule has 0 radical (unpaired) electrons. The first-order valence-corrected chi connectivity index (χ1v) is 7.62. The van der Waals surface area contributed by atoms with Gasteiger partial charge in [0, 0.05) is 10.9 Å². The van der Waals surface area contributed by atoms with Gasteiger partial charge >= 0.3 is 12.3 Å². The number of carbonyl (C=O) groups is 1. The van der Waals surface area contributed by atoms with Crippen LogP contribution in [-0.4, -0.2) is 23.9 Å². The fourth-order valence-electron chi connectivity index (χ4n) is 1.42. The van der Waals surface area contributed by atoms with Crippen molar-refractivity contribution in [3.63, 3.8) is 0 Å². The van der Waals surface area contributed by atoms with E-state index in [0.29, 0.717) is 9.26 Å². The summed E-state index contributed by atoms with van der Waals surface area (Å²) in [5.41, 5.74) is 0.565. The van der Waals surface area contributed by atoms with Crippen molar-refractivity contribution >= 4 is 44.5 Å². The Hall–Kier alpha value is -0.580. The van der Waals surface area contributed by atoms with Gasteiger partial charge in [-0.1, -0.05) is 15.9 Å². The zero-order chi connectivity index (χ0) is 15.3. The summed E-state index contributed by atoms with van der Waals surface area (Å²) in [6.07, 6.45) is -5.20. The lowest BCUT2D eigenvalue weighted by atomic mass is 10.1. The normalized spacial score (nSPS) is 11.3. The maximum Gasteiger partial charge on any atom is 0.574 e. The second-order valence-corrected chi connectivity index (χ2v) is 5.22. The van der Waals surface area contributed by atoms with Crippen LogP contribution in [0.4, 0.5) is 13.2 Å². The van der Waals surface area contributed by atoms with Crippen LogP contribution in [0.25, 0.3) is 0 Å². The average molecular weight is 468 g/mol. The van der Waals surface area contributed by atoms with Crippen molar-refractivity contribution in [2.24, 2.45) is 0 Å². The molecule has 0 N–H and O–H groups in total. The van der Waals surface area contributed by atoms with E-state index in [1.165, 1.54) is 0 Å². The largest absolute Gasteiger partial charge is 0.574 e. The number of alkyl halides is 4. The molecule has 0 bridgehead atoms. The van der Waals surface area contributed by atoms with Crippen molar-refractivity contribution in [1.29, 1.82) is 0 Å². The number of esters is 1. The molecule has 0 atom stereocenters. The van der Waals surface area contributed by atoms with Gasteiger partial charge in [-0.05, 0) is 41.1 Å². The molecule has 1 aromatic rings. The van der Waals surface area contributed by atoms with Crippen LogP contribution in [0, 0.1) is 3.70 Å². The summed E-state index contributed by atoms with van der Waals surface area (Å²) in [5, 5.41) is 0.272. The Kier molecular flexibility index (Phi) is 6.49. The van der Waals surface area contributed by atoms with Crippen molar-refractivity contribution in [1.82, 2.24) is 4.98 Å². The summed E-state index contributed by atoms with van der Waals surface area (Å²) < 4.78 is 46.1. The lowest BCUT2D eigenvalue weighted by molar-refractivity contribution is -0.276. The Labute approximate surface area is 135 Å². The molecule has 112 valence electrons. The number of rotatable bonds is 5. The standard InChI is InChI=1S/C11H10BrF3INO3/c1-2-19-9(18)4-7-6(5-12)3-8(16)17-10(7)20-11(13,14)15/h3H,2,4-5H2,1H3. The first-order valence-electron chi connectivity index (χ1n) is 5.42. The van der Waals surface area contributed by atoms with E-state index in [0.717, 1.165) is 0 Å². The van der Waals surface area contributed by atoms with Gasteiger partial charge in [0.15, 0.2) is 0 Å². The van der Waals surface area contributed by atoms with Crippen LogP contribution < -0.4 is 4.74 Å². The first kappa shape index (κ1) is 17.5. The highest BCUT2D eigenvalue weighted by molar-refractivity contribution is 14.1. The summed E-state index contributed by atoms with van der Waals surface area (Å²) in [7, 11) is 0. The van der Waals surface area contributed by atoms with E-state index < -0.39 is 18.2 Å². The summed E-state index contributed by atoms with van der Waals surface area (Å²) in [5.74, 6) is -1.25. The number of ether oxygens (including phenoxy) is 2. The molecule has 0 saturated carbocycles. The first-order chi connectivity index (χ1) is 9.26.